The molecule has 0 heterocycles. The summed E-state index contributed by atoms with van der Waals surface area (Å²) in [6, 6.07) is -0.537. The first kappa shape index (κ1) is 59.9. The first-order chi connectivity index (χ1) is 30.0. The maximum atomic E-state index is 12.4. The molecule has 0 aliphatic rings. The molecular weight excluding hydrogens is 755 g/mol. The maximum Gasteiger partial charge on any atom is 0.305 e. The van der Waals surface area contributed by atoms with E-state index in [1.54, 1.807) is 0 Å². The lowest BCUT2D eigenvalue weighted by Gasteiger charge is -2.22. The van der Waals surface area contributed by atoms with E-state index in [1.165, 1.54) is 244 Å². The van der Waals surface area contributed by atoms with Gasteiger partial charge in [-0.25, -0.2) is 0 Å². The number of esters is 1. The molecule has 0 aromatic carbocycles. The Kier molecular flexibility index (Phi) is 50.5. The van der Waals surface area contributed by atoms with Crippen LogP contribution in [0.15, 0.2) is 0 Å². The van der Waals surface area contributed by atoms with E-state index in [4.69, 9.17) is 4.74 Å². The van der Waals surface area contributed by atoms with Crippen molar-refractivity contribution < 1.29 is 24.5 Å². The number of nitrogens with one attached hydrogen (secondary N) is 1. The molecule has 0 fully saturated rings. The fraction of sp³-hybridized carbons (Fsp3) is 0.964. The molecule has 0 bridgehead atoms. The van der Waals surface area contributed by atoms with Gasteiger partial charge in [-0.2, -0.15) is 0 Å². The van der Waals surface area contributed by atoms with Gasteiger partial charge in [0.1, 0.15) is 0 Å². The smallest absolute Gasteiger partial charge is 0.305 e. The molecule has 0 aromatic heterocycles. The van der Waals surface area contributed by atoms with E-state index in [0.29, 0.717) is 25.9 Å². The van der Waals surface area contributed by atoms with Crippen molar-refractivity contribution in [2.24, 2.45) is 0 Å². The Labute approximate surface area is 381 Å². The zero-order valence-electron chi connectivity index (χ0n) is 41.4. The maximum absolute atomic E-state index is 12.4. The van der Waals surface area contributed by atoms with Crippen molar-refractivity contribution in [3.8, 4) is 0 Å². The van der Waals surface area contributed by atoms with E-state index in [2.05, 4.69) is 19.2 Å². The predicted molar refractivity (Wildman–Crippen MR) is 264 cm³/mol. The highest BCUT2D eigenvalue weighted by Crippen LogP contribution is 2.18. The third-order valence-electron chi connectivity index (χ3n) is 13.2. The van der Waals surface area contributed by atoms with Crippen LogP contribution in [0.3, 0.4) is 0 Å². The topological polar surface area (TPSA) is 95.9 Å². The van der Waals surface area contributed by atoms with E-state index in [1.807, 2.05) is 0 Å². The molecule has 1 amide bonds. The van der Waals surface area contributed by atoms with Crippen molar-refractivity contribution >= 4 is 11.9 Å². The molecule has 6 nitrogen and oxygen atoms in total. The first-order valence-electron chi connectivity index (χ1n) is 27.8. The van der Waals surface area contributed by atoms with Crippen LogP contribution in [0.2, 0.25) is 0 Å². The van der Waals surface area contributed by atoms with Crippen molar-refractivity contribution in [1.29, 1.82) is 0 Å². The standard InChI is InChI=1S/C55H109NO5/c1-3-5-7-9-11-13-28-33-37-41-45-49-55(60)61-50-46-42-38-34-30-27-25-23-21-19-17-15-16-18-20-22-24-26-29-32-36-40-44-48-54(59)56-52(51-57)53(58)47-43-39-35-31-14-12-10-8-6-4-2/h52-53,57-58H,3-51H2,1-2H3,(H,56,59). The summed E-state index contributed by atoms with van der Waals surface area (Å²) in [5.41, 5.74) is 0. The van der Waals surface area contributed by atoms with Gasteiger partial charge in [0, 0.05) is 12.8 Å². The van der Waals surface area contributed by atoms with Crippen LogP contribution in [0.4, 0.5) is 0 Å². The van der Waals surface area contributed by atoms with Crippen molar-refractivity contribution in [2.75, 3.05) is 13.2 Å². The normalized spacial score (nSPS) is 12.5. The molecule has 0 aromatic rings. The van der Waals surface area contributed by atoms with Gasteiger partial charge in [0.25, 0.3) is 0 Å². The van der Waals surface area contributed by atoms with Crippen molar-refractivity contribution in [3.05, 3.63) is 0 Å². The largest absolute Gasteiger partial charge is 0.466 e. The van der Waals surface area contributed by atoms with Gasteiger partial charge in [-0.1, -0.05) is 277 Å². The Balaban J connectivity index is 3.34. The predicted octanol–water partition coefficient (Wildman–Crippen LogP) is 16.7. The number of unbranched alkanes of at least 4 members (excludes halogenated alkanes) is 41. The van der Waals surface area contributed by atoms with Crippen LogP contribution in [0.25, 0.3) is 0 Å². The summed E-state index contributed by atoms with van der Waals surface area (Å²) in [5, 5.41) is 23.1. The zero-order chi connectivity index (χ0) is 44.4. The lowest BCUT2D eigenvalue weighted by atomic mass is 10.0. The molecule has 0 radical (unpaired) electrons. The fourth-order valence-electron chi connectivity index (χ4n) is 8.88. The number of hydrogen-bond acceptors (Lipinski definition) is 5. The van der Waals surface area contributed by atoms with Crippen LogP contribution in [0.1, 0.15) is 316 Å². The van der Waals surface area contributed by atoms with Gasteiger partial charge in [0.15, 0.2) is 0 Å². The molecule has 0 aliphatic heterocycles. The number of hydrogen-bond donors (Lipinski definition) is 3. The van der Waals surface area contributed by atoms with Crippen LogP contribution in [-0.4, -0.2) is 47.4 Å². The Morgan fingerprint density at radius 1 is 0.393 bits per heavy atom. The minimum atomic E-state index is -0.660. The molecule has 0 rings (SSSR count). The van der Waals surface area contributed by atoms with Gasteiger partial charge < -0.3 is 20.3 Å². The van der Waals surface area contributed by atoms with Crippen molar-refractivity contribution in [1.82, 2.24) is 5.32 Å². The molecule has 2 atom stereocenters. The minimum Gasteiger partial charge on any atom is -0.466 e. The Morgan fingerprint density at radius 2 is 0.672 bits per heavy atom. The Morgan fingerprint density at radius 3 is 1.00 bits per heavy atom. The first-order valence-corrected chi connectivity index (χ1v) is 27.8. The van der Waals surface area contributed by atoms with Crippen molar-refractivity contribution in [3.63, 3.8) is 0 Å². The SMILES string of the molecule is CCCCCCCCCCCCCC(=O)OCCCCCCCCCCCCCCCCCCCCCCCCCC(=O)NC(CO)C(O)CCCCCCCCCCCC. The van der Waals surface area contributed by atoms with Gasteiger partial charge in [-0.05, 0) is 25.7 Å². The lowest BCUT2D eigenvalue weighted by Crippen LogP contribution is -2.45. The Hall–Kier alpha value is -1.14. The van der Waals surface area contributed by atoms with Gasteiger partial charge in [-0.3, -0.25) is 9.59 Å². The molecule has 0 spiro atoms. The second-order valence-electron chi connectivity index (χ2n) is 19.3. The molecule has 2 unspecified atom stereocenters. The summed E-state index contributed by atoms with van der Waals surface area (Å²) >= 11 is 0. The van der Waals surface area contributed by atoms with E-state index in [0.717, 1.165) is 38.5 Å². The van der Waals surface area contributed by atoms with Crippen LogP contribution < -0.4 is 5.32 Å². The second-order valence-corrected chi connectivity index (χ2v) is 19.3. The molecule has 364 valence electrons. The van der Waals surface area contributed by atoms with Crippen LogP contribution >= 0.6 is 0 Å². The molecule has 0 saturated carbocycles. The van der Waals surface area contributed by atoms with Crippen LogP contribution in [0.5, 0.6) is 0 Å². The number of amides is 1. The summed E-state index contributed by atoms with van der Waals surface area (Å²) in [7, 11) is 0. The van der Waals surface area contributed by atoms with Gasteiger partial charge in [0.2, 0.25) is 5.91 Å². The third kappa shape index (κ3) is 48.2. The number of carbonyl (C=O) groups excluding carboxylic acids is 2. The van der Waals surface area contributed by atoms with Crippen molar-refractivity contribution in [2.45, 2.75) is 328 Å². The van der Waals surface area contributed by atoms with E-state index < -0.39 is 12.1 Å². The second kappa shape index (κ2) is 51.5. The highest BCUT2D eigenvalue weighted by molar-refractivity contribution is 5.76. The molecule has 61 heavy (non-hydrogen) atoms. The quantitative estimate of drug-likeness (QED) is 0.0418. The average Bonchev–Trinajstić information content (AvgIpc) is 3.26. The summed E-state index contributed by atoms with van der Waals surface area (Å²) in [5.74, 6) is -0.0202. The summed E-state index contributed by atoms with van der Waals surface area (Å²) in [4.78, 5) is 24.4. The third-order valence-corrected chi connectivity index (χ3v) is 13.2. The fourth-order valence-corrected chi connectivity index (χ4v) is 8.88. The average molecular weight is 864 g/mol. The zero-order valence-corrected chi connectivity index (χ0v) is 41.4. The lowest BCUT2D eigenvalue weighted by molar-refractivity contribution is -0.143. The summed E-state index contributed by atoms with van der Waals surface area (Å²) in [6.45, 7) is 4.95. The molecule has 0 saturated heterocycles. The van der Waals surface area contributed by atoms with E-state index >= 15 is 0 Å². The highest BCUT2D eigenvalue weighted by Gasteiger charge is 2.20. The number of aliphatic hydroxyl groups is 2. The minimum absolute atomic E-state index is 0.0145. The van der Waals surface area contributed by atoms with Crippen LogP contribution in [-0.2, 0) is 14.3 Å². The summed E-state index contributed by atoms with van der Waals surface area (Å²) < 4.78 is 5.46. The molecule has 0 aliphatic carbocycles. The molecule has 3 N–H and O–H groups in total. The number of ether oxygens (including phenoxy) is 1. The van der Waals surface area contributed by atoms with E-state index in [9.17, 15) is 19.8 Å². The molecular formula is C55H109NO5. The van der Waals surface area contributed by atoms with Gasteiger partial charge in [0.05, 0.1) is 25.4 Å². The number of carbonyl (C=O) groups is 2. The van der Waals surface area contributed by atoms with Gasteiger partial charge in [-0.15, -0.1) is 0 Å². The summed E-state index contributed by atoms with van der Waals surface area (Å²) in [6.07, 6.45) is 58.1. The van der Waals surface area contributed by atoms with Crippen LogP contribution in [0, 0.1) is 0 Å². The number of rotatable bonds is 52. The van der Waals surface area contributed by atoms with Gasteiger partial charge >= 0.3 is 5.97 Å². The monoisotopic (exact) mass is 864 g/mol. The highest BCUT2D eigenvalue weighted by atomic mass is 16.5. The number of aliphatic hydroxyl groups excluding tert-OH is 2. The molecule has 6 heteroatoms. The van der Waals surface area contributed by atoms with E-state index in [-0.39, 0.29) is 18.5 Å². The Bertz CT molecular complexity index is 867.